The number of hydrogen-bond donors (Lipinski definition) is 0. The van der Waals surface area contributed by atoms with Gasteiger partial charge in [0.15, 0.2) is 6.29 Å². The van der Waals surface area contributed by atoms with Crippen LogP contribution in [0.15, 0.2) is 12.5 Å². The van der Waals surface area contributed by atoms with E-state index in [4.69, 9.17) is 0 Å². The van der Waals surface area contributed by atoms with Gasteiger partial charge < -0.3 is 4.57 Å². The Morgan fingerprint density at radius 3 is 3.00 bits per heavy atom. The van der Waals surface area contributed by atoms with E-state index in [0.717, 1.165) is 12.8 Å². The number of rotatable bonds is 5. The van der Waals surface area contributed by atoms with Gasteiger partial charge in [-0.25, -0.2) is 4.98 Å². The average Bonchev–Trinajstić information content (AvgIpc) is 2.52. The van der Waals surface area contributed by atoms with Gasteiger partial charge in [0.25, 0.3) is 0 Å². The predicted octanol–water partition coefficient (Wildman–Crippen LogP) is 2.13. The van der Waals surface area contributed by atoms with Crippen molar-refractivity contribution in [1.29, 1.82) is 0 Å². The fourth-order valence-corrected chi connectivity index (χ4v) is 1.48. The largest absolute Gasteiger partial charge is 0.336 e. The summed E-state index contributed by atoms with van der Waals surface area (Å²) < 4.78 is 1.98. The normalized spacial score (nSPS) is 12.8. The van der Waals surface area contributed by atoms with Gasteiger partial charge in [-0.2, -0.15) is 0 Å². The van der Waals surface area contributed by atoms with E-state index in [2.05, 4.69) is 18.8 Å². The third-order valence-electron chi connectivity index (χ3n) is 2.08. The molecule has 1 unspecified atom stereocenters. The molecule has 0 aliphatic rings. The Kier molecular flexibility index (Phi) is 3.68. The molecule has 0 aliphatic heterocycles. The molecular weight excluding hydrogens is 164 g/mol. The second-order valence-corrected chi connectivity index (χ2v) is 3.51. The predicted molar refractivity (Wildman–Crippen MR) is 51.7 cm³/mol. The quantitative estimate of drug-likeness (QED) is 0.650. The van der Waals surface area contributed by atoms with Gasteiger partial charge in [0, 0.05) is 12.7 Å². The summed E-state index contributed by atoms with van der Waals surface area (Å²) in [5.41, 5.74) is 0.517. The topological polar surface area (TPSA) is 34.9 Å². The molecule has 0 saturated heterocycles. The highest BCUT2D eigenvalue weighted by atomic mass is 16.1. The molecular formula is C10H16N2O. The van der Waals surface area contributed by atoms with E-state index < -0.39 is 0 Å². The second kappa shape index (κ2) is 4.80. The second-order valence-electron chi connectivity index (χ2n) is 3.51. The Morgan fingerprint density at radius 2 is 2.46 bits per heavy atom. The zero-order valence-electron chi connectivity index (χ0n) is 8.23. The molecule has 0 amide bonds. The lowest BCUT2D eigenvalue weighted by atomic mass is 10.1. The molecule has 3 heteroatoms. The molecule has 13 heavy (non-hydrogen) atoms. The Bertz CT molecular complexity index is 268. The van der Waals surface area contributed by atoms with Crippen LogP contribution < -0.4 is 0 Å². The van der Waals surface area contributed by atoms with Crippen LogP contribution in [0.3, 0.4) is 0 Å². The van der Waals surface area contributed by atoms with E-state index in [9.17, 15) is 4.79 Å². The molecule has 1 heterocycles. The van der Waals surface area contributed by atoms with Crippen LogP contribution >= 0.6 is 0 Å². The van der Waals surface area contributed by atoms with Gasteiger partial charge in [-0.15, -0.1) is 0 Å². The third kappa shape index (κ3) is 3.01. The Balaban J connectivity index is 2.48. The number of hydrogen-bond acceptors (Lipinski definition) is 2. The number of carbonyl (C=O) groups is 1. The maximum absolute atomic E-state index is 10.4. The van der Waals surface area contributed by atoms with Crippen molar-refractivity contribution in [3.05, 3.63) is 18.2 Å². The van der Waals surface area contributed by atoms with Gasteiger partial charge in [0.1, 0.15) is 5.69 Å². The summed E-state index contributed by atoms with van der Waals surface area (Å²) in [5.74, 6) is 0.652. The lowest BCUT2D eigenvalue weighted by Crippen LogP contribution is -2.05. The minimum absolute atomic E-state index is 0.517. The lowest BCUT2D eigenvalue weighted by Gasteiger charge is -2.09. The molecule has 0 saturated carbocycles. The first-order valence-electron chi connectivity index (χ1n) is 4.73. The van der Waals surface area contributed by atoms with Crippen LogP contribution in [0.2, 0.25) is 0 Å². The van der Waals surface area contributed by atoms with Gasteiger partial charge in [0.2, 0.25) is 0 Å². The van der Waals surface area contributed by atoms with Crippen molar-refractivity contribution in [1.82, 2.24) is 9.55 Å². The molecule has 1 aromatic rings. The van der Waals surface area contributed by atoms with Crippen LogP contribution in [0, 0.1) is 5.92 Å². The summed E-state index contributed by atoms with van der Waals surface area (Å²) in [7, 11) is 0. The summed E-state index contributed by atoms with van der Waals surface area (Å²) >= 11 is 0. The van der Waals surface area contributed by atoms with E-state index in [-0.39, 0.29) is 0 Å². The fraction of sp³-hybridized carbons (Fsp3) is 0.600. The molecule has 1 atom stereocenters. The fourth-order valence-electron chi connectivity index (χ4n) is 1.48. The number of nitrogens with zero attached hydrogens (tertiary/aromatic N) is 2. The van der Waals surface area contributed by atoms with Crippen LogP contribution in [-0.2, 0) is 6.54 Å². The van der Waals surface area contributed by atoms with E-state index in [1.165, 1.54) is 12.8 Å². The monoisotopic (exact) mass is 180 g/mol. The van der Waals surface area contributed by atoms with Gasteiger partial charge in [-0.05, 0) is 12.3 Å². The summed E-state index contributed by atoms with van der Waals surface area (Å²) in [6.45, 7) is 5.35. The molecule has 72 valence electrons. The highest BCUT2D eigenvalue weighted by Crippen LogP contribution is 2.08. The third-order valence-corrected chi connectivity index (χ3v) is 2.08. The van der Waals surface area contributed by atoms with Crippen molar-refractivity contribution in [3.63, 3.8) is 0 Å². The van der Waals surface area contributed by atoms with Crippen LogP contribution in [0.25, 0.3) is 0 Å². The summed E-state index contributed by atoms with van der Waals surface area (Å²) in [6, 6.07) is 0. The first-order chi connectivity index (χ1) is 6.26. The zero-order valence-corrected chi connectivity index (χ0v) is 8.23. The first-order valence-corrected chi connectivity index (χ1v) is 4.73. The summed E-state index contributed by atoms with van der Waals surface area (Å²) in [6.07, 6.45) is 6.71. The highest BCUT2D eigenvalue weighted by molar-refractivity contribution is 5.70. The smallest absolute Gasteiger partial charge is 0.169 e. The van der Waals surface area contributed by atoms with E-state index in [0.29, 0.717) is 11.6 Å². The zero-order chi connectivity index (χ0) is 9.68. The van der Waals surface area contributed by atoms with Crippen LogP contribution in [-0.4, -0.2) is 15.8 Å². The van der Waals surface area contributed by atoms with Gasteiger partial charge in [-0.1, -0.05) is 20.3 Å². The van der Waals surface area contributed by atoms with Gasteiger partial charge in [0.05, 0.1) is 6.33 Å². The number of aldehydes is 1. The molecule has 0 aromatic carbocycles. The van der Waals surface area contributed by atoms with E-state index in [1.807, 2.05) is 4.57 Å². The average molecular weight is 180 g/mol. The molecule has 0 fully saturated rings. The molecule has 0 bridgehead atoms. The van der Waals surface area contributed by atoms with Gasteiger partial charge in [-0.3, -0.25) is 4.79 Å². The van der Waals surface area contributed by atoms with Crippen LogP contribution in [0.1, 0.15) is 37.2 Å². The standard InChI is InChI=1S/C10H16N2O/c1-3-4-9(2)5-12-6-10(7-13)11-8-12/h6-9H,3-5H2,1-2H3. The van der Waals surface area contributed by atoms with Crippen molar-refractivity contribution in [2.24, 2.45) is 5.92 Å². The first kappa shape index (κ1) is 9.96. The lowest BCUT2D eigenvalue weighted by molar-refractivity contribution is 0.111. The highest BCUT2D eigenvalue weighted by Gasteiger charge is 2.02. The minimum atomic E-state index is 0.517. The van der Waals surface area contributed by atoms with Crippen molar-refractivity contribution in [3.8, 4) is 0 Å². The number of aromatic nitrogens is 2. The molecule has 0 radical (unpaired) electrons. The van der Waals surface area contributed by atoms with Crippen LogP contribution in [0.4, 0.5) is 0 Å². The summed E-state index contributed by atoms with van der Waals surface area (Å²) in [4.78, 5) is 14.3. The molecule has 3 nitrogen and oxygen atoms in total. The SMILES string of the molecule is CCCC(C)Cn1cnc(C=O)c1. The molecule has 1 rings (SSSR count). The van der Waals surface area contributed by atoms with Crippen molar-refractivity contribution < 1.29 is 4.79 Å². The Hall–Kier alpha value is -1.12. The summed E-state index contributed by atoms with van der Waals surface area (Å²) in [5, 5.41) is 0. The molecule has 0 N–H and O–H groups in total. The van der Waals surface area contributed by atoms with E-state index >= 15 is 0 Å². The maximum Gasteiger partial charge on any atom is 0.169 e. The molecule has 1 aromatic heterocycles. The van der Waals surface area contributed by atoms with Crippen molar-refractivity contribution >= 4 is 6.29 Å². The Morgan fingerprint density at radius 1 is 1.69 bits per heavy atom. The Labute approximate surface area is 78.8 Å². The maximum atomic E-state index is 10.4. The van der Waals surface area contributed by atoms with Crippen molar-refractivity contribution in [2.75, 3.05) is 0 Å². The number of imidazole rings is 1. The van der Waals surface area contributed by atoms with Crippen molar-refractivity contribution in [2.45, 2.75) is 33.2 Å². The van der Waals surface area contributed by atoms with E-state index in [1.54, 1.807) is 12.5 Å². The van der Waals surface area contributed by atoms with Gasteiger partial charge >= 0.3 is 0 Å². The molecule has 0 aliphatic carbocycles. The van der Waals surface area contributed by atoms with Crippen LogP contribution in [0.5, 0.6) is 0 Å². The minimum Gasteiger partial charge on any atom is -0.336 e. The molecule has 0 spiro atoms. The number of carbonyl (C=O) groups excluding carboxylic acids is 1.